The number of para-hydroxylation sites is 4. The van der Waals surface area contributed by atoms with E-state index in [1.54, 1.807) is 0 Å². The molecular formula is C70H44N6. The van der Waals surface area contributed by atoms with E-state index in [1.807, 2.05) is 36.4 Å². The predicted molar refractivity (Wildman–Crippen MR) is 316 cm³/mol. The van der Waals surface area contributed by atoms with Gasteiger partial charge in [0.05, 0.1) is 46.0 Å². The second kappa shape index (κ2) is 18.1. The first-order chi connectivity index (χ1) is 37.6. The zero-order valence-corrected chi connectivity index (χ0v) is 41.1. The zero-order chi connectivity index (χ0) is 50.7. The van der Waals surface area contributed by atoms with Crippen LogP contribution < -0.4 is 9.80 Å². The lowest BCUT2D eigenvalue weighted by Gasteiger charge is -2.30. The molecule has 0 saturated carbocycles. The van der Waals surface area contributed by atoms with Gasteiger partial charge in [-0.3, -0.25) is 0 Å². The summed E-state index contributed by atoms with van der Waals surface area (Å²) in [4.78, 5) is 8.38. The maximum Gasteiger partial charge on any atom is 0.187 e. The predicted octanol–water partition coefficient (Wildman–Crippen LogP) is 19.2. The minimum absolute atomic E-state index is 0.594. The molecule has 6 nitrogen and oxygen atoms in total. The van der Waals surface area contributed by atoms with Gasteiger partial charge in [0.2, 0.25) is 0 Å². The lowest BCUT2D eigenvalue weighted by molar-refractivity contribution is 1.18. The summed E-state index contributed by atoms with van der Waals surface area (Å²) in [6.45, 7) is 7.73. The van der Waals surface area contributed by atoms with Gasteiger partial charge < -0.3 is 18.9 Å². The summed E-state index contributed by atoms with van der Waals surface area (Å²) in [6.07, 6.45) is 0. The zero-order valence-electron chi connectivity index (χ0n) is 41.1. The molecule has 0 saturated heterocycles. The van der Waals surface area contributed by atoms with Crippen LogP contribution in [0.25, 0.3) is 92.5 Å². The molecule has 76 heavy (non-hydrogen) atoms. The van der Waals surface area contributed by atoms with Crippen LogP contribution in [0.2, 0.25) is 0 Å². The number of rotatable bonds is 9. The Hall–Kier alpha value is -10.7. The molecule has 2 heterocycles. The second-order valence-corrected chi connectivity index (χ2v) is 19.1. The number of anilines is 6. The Morgan fingerprint density at radius 2 is 0.724 bits per heavy atom. The molecule has 14 aromatic rings. The van der Waals surface area contributed by atoms with Gasteiger partial charge in [-0.15, -0.1) is 0 Å². The third-order valence-electron chi connectivity index (χ3n) is 14.9. The fourth-order valence-corrected chi connectivity index (χ4v) is 11.6. The quantitative estimate of drug-likeness (QED) is 0.107. The van der Waals surface area contributed by atoms with Crippen LogP contribution in [0.1, 0.15) is 5.56 Å². The van der Waals surface area contributed by atoms with Crippen molar-refractivity contribution in [3.05, 3.63) is 284 Å². The number of nitrogens with zero attached hydrogens (tertiary/aromatic N) is 6. The minimum Gasteiger partial charge on any atom is -0.311 e. The van der Waals surface area contributed by atoms with Gasteiger partial charge in [-0.2, -0.15) is 5.26 Å². The molecule has 0 spiro atoms. The first-order valence-corrected chi connectivity index (χ1v) is 25.4. The summed E-state index contributed by atoms with van der Waals surface area (Å²) >= 11 is 0. The largest absolute Gasteiger partial charge is 0.311 e. The van der Waals surface area contributed by atoms with Crippen LogP contribution in [0.3, 0.4) is 0 Å². The average molecular weight is 969 g/mol. The second-order valence-electron chi connectivity index (χ2n) is 19.1. The SMILES string of the molecule is [C-]#[N+]c1ccc(N(c2ccc(-c3c4ccccc4c(N(c4ccc(C#N)cc4)c4ccc5c(c4)c4ccccc4n5-c4ccccc4)c4ccccc34)cc2)c2ccc3c(c2)c2ccccc2n3-c2ccccc2)cc1. The summed E-state index contributed by atoms with van der Waals surface area (Å²) in [7, 11) is 0. The van der Waals surface area contributed by atoms with Crippen molar-refractivity contribution in [1.82, 2.24) is 9.13 Å². The highest BCUT2D eigenvalue weighted by Gasteiger charge is 2.25. The van der Waals surface area contributed by atoms with Crippen LogP contribution in [-0.2, 0) is 0 Å². The maximum absolute atomic E-state index is 9.95. The normalized spacial score (nSPS) is 11.4. The van der Waals surface area contributed by atoms with E-state index >= 15 is 0 Å². The third-order valence-corrected chi connectivity index (χ3v) is 14.9. The Labute approximate surface area is 439 Å². The first kappa shape index (κ1) is 44.1. The highest BCUT2D eigenvalue weighted by atomic mass is 15.2. The van der Waals surface area contributed by atoms with Crippen LogP contribution in [-0.4, -0.2) is 9.13 Å². The van der Waals surface area contributed by atoms with Crippen molar-refractivity contribution >= 4 is 105 Å². The minimum atomic E-state index is 0.594. The van der Waals surface area contributed by atoms with Crippen molar-refractivity contribution in [3.8, 4) is 28.6 Å². The Kier molecular flexibility index (Phi) is 10.5. The smallest absolute Gasteiger partial charge is 0.187 e. The van der Waals surface area contributed by atoms with E-state index in [0.717, 1.165) is 111 Å². The number of hydrogen-bond donors (Lipinski definition) is 0. The Bertz CT molecular complexity index is 4580. The van der Waals surface area contributed by atoms with Crippen LogP contribution in [0.5, 0.6) is 0 Å². The molecular weight excluding hydrogens is 925 g/mol. The molecule has 354 valence electrons. The molecule has 6 heteroatoms. The van der Waals surface area contributed by atoms with Gasteiger partial charge in [0, 0.05) is 72.1 Å². The molecule has 0 N–H and O–H groups in total. The van der Waals surface area contributed by atoms with Crippen molar-refractivity contribution in [3.63, 3.8) is 0 Å². The molecule has 0 bridgehead atoms. The van der Waals surface area contributed by atoms with Gasteiger partial charge in [-0.25, -0.2) is 4.85 Å². The van der Waals surface area contributed by atoms with E-state index < -0.39 is 0 Å². The highest BCUT2D eigenvalue weighted by Crippen LogP contribution is 2.50. The monoisotopic (exact) mass is 968 g/mol. The fourth-order valence-electron chi connectivity index (χ4n) is 11.6. The highest BCUT2D eigenvalue weighted by molar-refractivity contribution is 6.23. The third kappa shape index (κ3) is 7.17. The Morgan fingerprint density at radius 3 is 1.21 bits per heavy atom. The lowest BCUT2D eigenvalue weighted by Crippen LogP contribution is -2.12. The molecule has 0 radical (unpaired) electrons. The molecule has 0 unspecified atom stereocenters. The van der Waals surface area contributed by atoms with Gasteiger partial charge in [-0.1, -0.05) is 146 Å². The molecule has 0 amide bonds. The van der Waals surface area contributed by atoms with Crippen molar-refractivity contribution in [1.29, 1.82) is 5.26 Å². The molecule has 12 aromatic carbocycles. The number of aromatic nitrogens is 2. The van der Waals surface area contributed by atoms with Gasteiger partial charge in [-0.05, 0) is 143 Å². The van der Waals surface area contributed by atoms with Crippen LogP contribution >= 0.6 is 0 Å². The average Bonchev–Trinajstić information content (AvgIpc) is 4.01. The van der Waals surface area contributed by atoms with Gasteiger partial charge >= 0.3 is 0 Å². The Balaban J connectivity index is 0.942. The molecule has 0 aliphatic carbocycles. The van der Waals surface area contributed by atoms with E-state index in [2.05, 4.69) is 260 Å². The Morgan fingerprint density at radius 1 is 0.342 bits per heavy atom. The molecule has 14 rings (SSSR count). The van der Waals surface area contributed by atoms with E-state index in [0.29, 0.717) is 11.3 Å². The molecule has 0 aliphatic rings. The van der Waals surface area contributed by atoms with Gasteiger partial charge in [0.1, 0.15) is 0 Å². The van der Waals surface area contributed by atoms with E-state index in [4.69, 9.17) is 6.57 Å². The number of nitriles is 1. The van der Waals surface area contributed by atoms with Crippen molar-refractivity contribution in [2.75, 3.05) is 9.80 Å². The molecule has 0 atom stereocenters. The summed E-state index contributed by atoms with van der Waals surface area (Å²) in [5, 5.41) is 19.0. The van der Waals surface area contributed by atoms with E-state index in [9.17, 15) is 5.26 Å². The summed E-state index contributed by atoms with van der Waals surface area (Å²) < 4.78 is 4.69. The van der Waals surface area contributed by atoms with Crippen molar-refractivity contribution in [2.24, 2.45) is 0 Å². The number of fused-ring (bicyclic) bond motifs is 8. The fraction of sp³-hybridized carbons (Fsp3) is 0. The van der Waals surface area contributed by atoms with E-state index in [1.165, 1.54) is 10.8 Å². The van der Waals surface area contributed by atoms with Crippen molar-refractivity contribution in [2.45, 2.75) is 0 Å². The molecule has 0 aliphatic heterocycles. The molecule has 2 aromatic heterocycles. The molecule has 0 fully saturated rings. The van der Waals surface area contributed by atoms with E-state index in [-0.39, 0.29) is 0 Å². The standard InChI is InChI=1S/C70H44N6/c1-72-49-32-38-53(39-33-49)73(55-40-42-67-63(44-55)57-20-12-14-26-65(57)75(67)50-16-4-2-5-17-50)52-36-30-48(31-37-52)69-59-22-8-10-24-61(59)70(62-25-11-9-23-60(62)69)74(54-34-28-47(46-71)29-35-54)56-41-43-68-64(45-56)58-21-13-15-27-66(58)76(68)51-18-6-3-7-19-51/h2-45H. The van der Waals surface area contributed by atoms with Crippen LogP contribution in [0.15, 0.2) is 267 Å². The summed E-state index contributed by atoms with van der Waals surface area (Å²) in [5.41, 5.74) is 16.2. The maximum atomic E-state index is 9.95. The number of benzene rings is 12. The summed E-state index contributed by atoms with van der Waals surface area (Å²) in [5.74, 6) is 0. The summed E-state index contributed by atoms with van der Waals surface area (Å²) in [6, 6.07) is 96.5. The lowest BCUT2D eigenvalue weighted by atomic mass is 9.89. The van der Waals surface area contributed by atoms with Gasteiger partial charge in [0.15, 0.2) is 5.69 Å². The van der Waals surface area contributed by atoms with Crippen molar-refractivity contribution < 1.29 is 0 Å². The van der Waals surface area contributed by atoms with Gasteiger partial charge in [0.25, 0.3) is 0 Å². The van der Waals surface area contributed by atoms with Crippen LogP contribution in [0, 0.1) is 17.9 Å². The topological polar surface area (TPSA) is 44.5 Å². The van der Waals surface area contributed by atoms with Crippen LogP contribution in [0.4, 0.5) is 39.8 Å². The number of hydrogen-bond acceptors (Lipinski definition) is 3. The first-order valence-electron chi connectivity index (χ1n) is 25.4.